The largest absolute Gasteiger partial charge is 0.381 e. The van der Waals surface area contributed by atoms with Crippen LogP contribution < -0.4 is 0 Å². The van der Waals surface area contributed by atoms with Gasteiger partial charge in [0.15, 0.2) is 0 Å². The molecule has 0 aliphatic rings. The Bertz CT molecular complexity index is 91.8. The summed E-state index contributed by atoms with van der Waals surface area (Å²) in [5, 5.41) is 10.2. The van der Waals surface area contributed by atoms with Crippen molar-refractivity contribution in [3.8, 4) is 0 Å². The van der Waals surface area contributed by atoms with Gasteiger partial charge in [-0.1, -0.05) is 20.8 Å². The summed E-state index contributed by atoms with van der Waals surface area (Å²) in [5.41, 5.74) is 0. The first-order valence-electron chi connectivity index (χ1n) is 4.82. The Balaban J connectivity index is 3.08. The van der Waals surface area contributed by atoms with Gasteiger partial charge in [-0.05, 0) is 24.7 Å². The Morgan fingerprint density at radius 3 is 2.33 bits per heavy atom. The molecule has 0 N–H and O–H groups in total. The molecule has 73 valence electrons. The van der Waals surface area contributed by atoms with Crippen molar-refractivity contribution in [3.05, 3.63) is 0 Å². The molecule has 0 heterocycles. The topological polar surface area (TPSA) is 29.1 Å². The average Bonchev–Trinajstić information content (AvgIpc) is 1.98. The summed E-state index contributed by atoms with van der Waals surface area (Å²) in [7, 11) is 0. The van der Waals surface area contributed by atoms with Crippen molar-refractivity contribution in [1.82, 2.24) is 0 Å². The Morgan fingerprint density at radius 2 is 1.83 bits per heavy atom. The molecular formula is C10H21O2. The van der Waals surface area contributed by atoms with Gasteiger partial charge in [0.1, 0.15) is 0 Å². The molecule has 0 aliphatic heterocycles. The predicted octanol–water partition coefficient (Wildman–Crippen LogP) is 2.51. The highest BCUT2D eigenvalue weighted by Gasteiger charge is 2.01. The van der Waals surface area contributed by atoms with Crippen molar-refractivity contribution in [1.29, 1.82) is 0 Å². The fraction of sp³-hybridized carbons (Fsp3) is 1.00. The second-order valence-corrected chi connectivity index (χ2v) is 3.86. The summed E-state index contributed by atoms with van der Waals surface area (Å²) in [6.45, 7) is 8.08. The molecule has 2 nitrogen and oxygen atoms in total. The maximum absolute atomic E-state index is 10.2. The standard InChI is InChI=1S/C10H21O2/c1-9(2)8-12-7-5-10(3)4-6-11/h9-10H,4-8H2,1-3H3. The molecule has 2 heteroatoms. The van der Waals surface area contributed by atoms with Crippen LogP contribution in [0.5, 0.6) is 0 Å². The smallest absolute Gasteiger partial charge is 0.0824 e. The van der Waals surface area contributed by atoms with E-state index >= 15 is 0 Å². The normalized spacial score (nSPS) is 13.8. The Morgan fingerprint density at radius 1 is 1.17 bits per heavy atom. The summed E-state index contributed by atoms with van der Waals surface area (Å²) < 4.78 is 5.41. The van der Waals surface area contributed by atoms with Crippen LogP contribution in [0.3, 0.4) is 0 Å². The third-order valence-electron chi connectivity index (χ3n) is 1.82. The molecule has 0 aromatic rings. The molecule has 0 spiro atoms. The Kier molecular flexibility index (Phi) is 7.51. The molecule has 12 heavy (non-hydrogen) atoms. The molecule has 0 bridgehead atoms. The van der Waals surface area contributed by atoms with E-state index in [2.05, 4.69) is 20.8 Å². The SMILES string of the molecule is CC(C)COCCC(C)CC[O]. The van der Waals surface area contributed by atoms with Gasteiger partial charge in [-0.2, -0.15) is 0 Å². The van der Waals surface area contributed by atoms with Crippen LogP contribution in [0.1, 0.15) is 33.6 Å². The van der Waals surface area contributed by atoms with Crippen molar-refractivity contribution < 1.29 is 9.84 Å². The highest BCUT2D eigenvalue weighted by Crippen LogP contribution is 2.06. The van der Waals surface area contributed by atoms with Crippen molar-refractivity contribution in [3.63, 3.8) is 0 Å². The van der Waals surface area contributed by atoms with E-state index in [9.17, 15) is 5.11 Å². The maximum Gasteiger partial charge on any atom is 0.0824 e. The zero-order valence-electron chi connectivity index (χ0n) is 8.51. The summed E-state index contributed by atoms with van der Waals surface area (Å²) in [4.78, 5) is 0. The number of hydrogen-bond donors (Lipinski definition) is 0. The monoisotopic (exact) mass is 173 g/mol. The number of ether oxygens (including phenoxy) is 1. The van der Waals surface area contributed by atoms with E-state index < -0.39 is 0 Å². The van der Waals surface area contributed by atoms with Crippen molar-refractivity contribution in [2.45, 2.75) is 33.6 Å². The summed E-state index contributed by atoms with van der Waals surface area (Å²) in [6.07, 6.45) is 1.81. The van der Waals surface area contributed by atoms with Crippen molar-refractivity contribution in [2.24, 2.45) is 11.8 Å². The second kappa shape index (κ2) is 7.56. The quantitative estimate of drug-likeness (QED) is 0.544. The van der Waals surface area contributed by atoms with Crippen LogP contribution in [-0.2, 0) is 9.84 Å². The van der Waals surface area contributed by atoms with E-state index in [0.29, 0.717) is 11.8 Å². The lowest BCUT2D eigenvalue weighted by Crippen LogP contribution is -2.07. The van der Waals surface area contributed by atoms with E-state index in [1.807, 2.05) is 0 Å². The van der Waals surface area contributed by atoms with E-state index in [4.69, 9.17) is 4.74 Å². The van der Waals surface area contributed by atoms with Gasteiger partial charge in [0.05, 0.1) is 6.61 Å². The highest BCUT2D eigenvalue weighted by molar-refractivity contribution is 4.51. The Hall–Kier alpha value is -0.0800. The van der Waals surface area contributed by atoms with Gasteiger partial charge in [0.2, 0.25) is 0 Å². The summed E-state index contributed by atoms with van der Waals surface area (Å²) in [5.74, 6) is 1.13. The van der Waals surface area contributed by atoms with Crippen LogP contribution in [-0.4, -0.2) is 19.8 Å². The van der Waals surface area contributed by atoms with Crippen LogP contribution in [0.15, 0.2) is 0 Å². The van der Waals surface area contributed by atoms with Gasteiger partial charge in [-0.3, -0.25) is 0 Å². The fourth-order valence-corrected chi connectivity index (χ4v) is 0.949. The minimum Gasteiger partial charge on any atom is -0.381 e. The molecule has 1 atom stereocenters. The van der Waals surface area contributed by atoms with Crippen LogP contribution in [0.2, 0.25) is 0 Å². The molecular weight excluding hydrogens is 152 g/mol. The minimum absolute atomic E-state index is 0.0470. The lowest BCUT2D eigenvalue weighted by molar-refractivity contribution is 0.0928. The van der Waals surface area contributed by atoms with Gasteiger partial charge in [0.25, 0.3) is 0 Å². The third-order valence-corrected chi connectivity index (χ3v) is 1.82. The predicted molar refractivity (Wildman–Crippen MR) is 49.6 cm³/mol. The zero-order valence-corrected chi connectivity index (χ0v) is 8.51. The molecule has 0 aromatic heterocycles. The van der Waals surface area contributed by atoms with Crippen molar-refractivity contribution >= 4 is 0 Å². The molecule has 0 saturated carbocycles. The lowest BCUT2D eigenvalue weighted by atomic mass is 10.1. The number of rotatable bonds is 7. The molecule has 1 radical (unpaired) electrons. The lowest BCUT2D eigenvalue weighted by Gasteiger charge is -2.10. The zero-order chi connectivity index (χ0) is 9.40. The molecule has 0 saturated heterocycles. The van der Waals surface area contributed by atoms with E-state index in [1.54, 1.807) is 0 Å². The molecule has 0 fully saturated rings. The summed E-state index contributed by atoms with van der Waals surface area (Å²) >= 11 is 0. The van der Waals surface area contributed by atoms with E-state index in [-0.39, 0.29) is 6.61 Å². The van der Waals surface area contributed by atoms with E-state index in [1.165, 1.54) is 0 Å². The maximum atomic E-state index is 10.2. The van der Waals surface area contributed by atoms with Gasteiger partial charge >= 0.3 is 0 Å². The molecule has 0 amide bonds. The highest BCUT2D eigenvalue weighted by atomic mass is 16.5. The van der Waals surface area contributed by atoms with E-state index in [0.717, 1.165) is 26.1 Å². The Labute approximate surface area is 75.9 Å². The first-order valence-corrected chi connectivity index (χ1v) is 4.82. The molecule has 0 rings (SSSR count). The van der Waals surface area contributed by atoms with Gasteiger partial charge < -0.3 is 4.74 Å². The number of hydrogen-bond acceptors (Lipinski definition) is 1. The average molecular weight is 173 g/mol. The molecule has 0 aromatic carbocycles. The molecule has 0 aliphatic carbocycles. The van der Waals surface area contributed by atoms with Crippen LogP contribution >= 0.6 is 0 Å². The second-order valence-electron chi connectivity index (χ2n) is 3.86. The first-order chi connectivity index (χ1) is 5.66. The van der Waals surface area contributed by atoms with Crippen molar-refractivity contribution in [2.75, 3.05) is 19.8 Å². The van der Waals surface area contributed by atoms with Gasteiger partial charge in [0, 0.05) is 13.2 Å². The van der Waals surface area contributed by atoms with Gasteiger partial charge in [-0.25, -0.2) is 5.11 Å². The summed E-state index contributed by atoms with van der Waals surface area (Å²) in [6, 6.07) is 0. The van der Waals surface area contributed by atoms with Crippen LogP contribution in [0.25, 0.3) is 0 Å². The van der Waals surface area contributed by atoms with Crippen LogP contribution in [0.4, 0.5) is 0 Å². The fourth-order valence-electron chi connectivity index (χ4n) is 0.949. The van der Waals surface area contributed by atoms with Crippen LogP contribution in [0, 0.1) is 11.8 Å². The van der Waals surface area contributed by atoms with Gasteiger partial charge in [-0.15, -0.1) is 0 Å². The first kappa shape index (κ1) is 11.9. The third kappa shape index (κ3) is 8.02. The minimum atomic E-state index is 0.0470. The molecule has 1 unspecified atom stereocenters.